The lowest BCUT2D eigenvalue weighted by atomic mass is 10.1. The highest BCUT2D eigenvalue weighted by atomic mass is 16.5. The highest BCUT2D eigenvalue weighted by Crippen LogP contribution is 2.11. The molecule has 102 valence electrons. The van der Waals surface area contributed by atoms with E-state index in [-0.39, 0.29) is 12.1 Å². The van der Waals surface area contributed by atoms with Crippen LogP contribution in [0.3, 0.4) is 0 Å². The number of carbonyl (C=O) groups excluding carboxylic acids is 1. The lowest BCUT2D eigenvalue weighted by molar-refractivity contribution is 0.0412. The molecule has 0 radical (unpaired) electrons. The minimum atomic E-state index is -0.309. The first-order valence-corrected chi connectivity index (χ1v) is 6.76. The molecule has 0 aliphatic rings. The number of carbonyl (C=O) groups is 1. The summed E-state index contributed by atoms with van der Waals surface area (Å²) in [5.74, 6) is -0.309. The average molecular weight is 258 g/mol. The number of ether oxygens (including phenoxy) is 1. The van der Waals surface area contributed by atoms with E-state index in [0.29, 0.717) is 5.56 Å². The Labute approximate surface area is 115 Å². The second-order valence-corrected chi connectivity index (χ2v) is 4.53. The summed E-state index contributed by atoms with van der Waals surface area (Å²) >= 11 is 0. The predicted molar refractivity (Wildman–Crippen MR) is 79.1 cm³/mol. The molecule has 0 spiro atoms. The lowest BCUT2D eigenvalue weighted by Gasteiger charge is -2.13. The molecule has 2 heteroatoms. The van der Waals surface area contributed by atoms with E-state index in [9.17, 15) is 4.79 Å². The molecule has 1 unspecified atom stereocenters. The number of hydrogen-bond donors (Lipinski definition) is 0. The van der Waals surface area contributed by atoms with Gasteiger partial charge < -0.3 is 4.74 Å². The molecule has 0 amide bonds. The van der Waals surface area contributed by atoms with Crippen LogP contribution in [-0.4, -0.2) is 12.1 Å². The lowest BCUT2D eigenvalue weighted by Crippen LogP contribution is -2.16. The van der Waals surface area contributed by atoms with Crippen molar-refractivity contribution in [2.24, 2.45) is 0 Å². The Morgan fingerprint density at radius 1 is 1.37 bits per heavy atom. The maximum Gasteiger partial charge on any atom is 0.338 e. The van der Waals surface area contributed by atoms with Gasteiger partial charge in [0.15, 0.2) is 0 Å². The van der Waals surface area contributed by atoms with Gasteiger partial charge in [0.05, 0.1) is 5.56 Å². The van der Waals surface area contributed by atoms with Gasteiger partial charge in [-0.25, -0.2) is 4.79 Å². The fourth-order valence-corrected chi connectivity index (χ4v) is 1.57. The molecule has 0 bridgehead atoms. The van der Waals surface area contributed by atoms with Crippen LogP contribution in [0.1, 0.15) is 43.5 Å². The Morgan fingerprint density at radius 3 is 2.68 bits per heavy atom. The molecule has 2 nitrogen and oxygen atoms in total. The van der Waals surface area contributed by atoms with Crippen LogP contribution in [0.25, 0.3) is 0 Å². The van der Waals surface area contributed by atoms with Crippen molar-refractivity contribution in [3.8, 4) is 0 Å². The predicted octanol–water partition coefficient (Wildman–Crippen LogP) is 4.53. The van der Waals surface area contributed by atoms with E-state index < -0.39 is 0 Å². The second kappa shape index (κ2) is 8.30. The van der Waals surface area contributed by atoms with Gasteiger partial charge in [0.1, 0.15) is 6.10 Å². The van der Waals surface area contributed by atoms with Crippen molar-refractivity contribution in [2.45, 2.75) is 39.2 Å². The largest absolute Gasteiger partial charge is 0.454 e. The summed E-state index contributed by atoms with van der Waals surface area (Å²) < 4.78 is 5.37. The number of benzene rings is 1. The molecule has 0 aliphatic carbocycles. The first kappa shape index (κ1) is 15.2. The van der Waals surface area contributed by atoms with Gasteiger partial charge in [0.2, 0.25) is 0 Å². The Morgan fingerprint density at radius 2 is 2.05 bits per heavy atom. The zero-order chi connectivity index (χ0) is 14.1. The van der Waals surface area contributed by atoms with Crippen molar-refractivity contribution in [1.29, 1.82) is 0 Å². The fraction of sp³-hybridized carbons (Fsp3) is 0.353. The van der Waals surface area contributed by atoms with Gasteiger partial charge in [0.25, 0.3) is 0 Å². The van der Waals surface area contributed by atoms with E-state index in [2.05, 4.69) is 19.6 Å². The molecule has 1 aromatic carbocycles. The van der Waals surface area contributed by atoms with Crippen LogP contribution in [0.15, 0.2) is 54.6 Å². The maximum absolute atomic E-state index is 11.8. The van der Waals surface area contributed by atoms with Crippen molar-refractivity contribution >= 4 is 5.97 Å². The van der Waals surface area contributed by atoms with Gasteiger partial charge in [-0.15, -0.1) is 0 Å². The number of hydrogen-bond acceptors (Lipinski definition) is 2. The van der Waals surface area contributed by atoms with E-state index in [0.717, 1.165) is 12.0 Å². The SMILES string of the molecule is C=C(/C=C/CCCC)C(C)OC(=O)c1ccccc1. The minimum Gasteiger partial charge on any atom is -0.454 e. The van der Waals surface area contributed by atoms with Gasteiger partial charge in [0, 0.05) is 0 Å². The van der Waals surface area contributed by atoms with Crippen LogP contribution in [0.4, 0.5) is 0 Å². The van der Waals surface area contributed by atoms with E-state index in [1.165, 1.54) is 12.8 Å². The smallest absolute Gasteiger partial charge is 0.338 e. The summed E-state index contributed by atoms with van der Waals surface area (Å²) in [4.78, 5) is 11.8. The Bertz CT molecular complexity index is 432. The van der Waals surface area contributed by atoms with Crippen molar-refractivity contribution in [1.82, 2.24) is 0 Å². The maximum atomic E-state index is 11.8. The van der Waals surface area contributed by atoms with Crippen molar-refractivity contribution < 1.29 is 9.53 Å². The van der Waals surface area contributed by atoms with Gasteiger partial charge in [-0.2, -0.15) is 0 Å². The number of unbranched alkanes of at least 4 members (excludes halogenated alkanes) is 2. The third-order valence-corrected chi connectivity index (χ3v) is 2.87. The molecule has 0 saturated carbocycles. The molecule has 0 N–H and O–H groups in total. The molecule has 0 fully saturated rings. The summed E-state index contributed by atoms with van der Waals surface area (Å²) in [6.07, 6.45) is 7.11. The molecule has 1 aromatic rings. The zero-order valence-corrected chi connectivity index (χ0v) is 11.8. The molecule has 0 heterocycles. The summed E-state index contributed by atoms with van der Waals surface area (Å²) in [7, 11) is 0. The minimum absolute atomic E-state index is 0.300. The second-order valence-electron chi connectivity index (χ2n) is 4.53. The average Bonchev–Trinajstić information content (AvgIpc) is 2.44. The van der Waals surface area contributed by atoms with Crippen molar-refractivity contribution in [2.75, 3.05) is 0 Å². The monoisotopic (exact) mass is 258 g/mol. The van der Waals surface area contributed by atoms with Gasteiger partial charge >= 0.3 is 5.97 Å². The first-order chi connectivity index (χ1) is 9.15. The Kier molecular flexibility index (Phi) is 6.65. The van der Waals surface area contributed by atoms with E-state index >= 15 is 0 Å². The van der Waals surface area contributed by atoms with Crippen molar-refractivity contribution in [3.63, 3.8) is 0 Å². The van der Waals surface area contributed by atoms with Gasteiger partial charge in [-0.05, 0) is 31.1 Å². The molecule has 0 aromatic heterocycles. The summed E-state index contributed by atoms with van der Waals surface area (Å²) in [5.41, 5.74) is 1.39. The van der Waals surface area contributed by atoms with Crippen LogP contribution < -0.4 is 0 Å². The van der Waals surface area contributed by atoms with Crippen LogP contribution in [0.2, 0.25) is 0 Å². The molecule has 0 aliphatic heterocycles. The number of rotatable bonds is 7. The van der Waals surface area contributed by atoms with E-state index in [1.54, 1.807) is 12.1 Å². The highest BCUT2D eigenvalue weighted by Gasteiger charge is 2.12. The topological polar surface area (TPSA) is 26.3 Å². The molecule has 0 saturated heterocycles. The third kappa shape index (κ3) is 5.56. The van der Waals surface area contributed by atoms with Crippen LogP contribution in [0, 0.1) is 0 Å². The van der Waals surface area contributed by atoms with Gasteiger partial charge in [-0.1, -0.05) is 56.7 Å². The van der Waals surface area contributed by atoms with Crippen LogP contribution >= 0.6 is 0 Å². The standard InChI is InChI=1S/C17H22O2/c1-4-5-6-8-11-14(2)15(3)19-17(18)16-12-9-7-10-13-16/h7-13,15H,2,4-6H2,1,3H3/b11-8+. The third-order valence-electron chi connectivity index (χ3n) is 2.87. The quantitative estimate of drug-likeness (QED) is 0.408. The molecular weight excluding hydrogens is 236 g/mol. The fourth-order valence-electron chi connectivity index (χ4n) is 1.57. The van der Waals surface area contributed by atoms with E-state index in [4.69, 9.17) is 4.74 Å². The number of allylic oxidation sites excluding steroid dienone is 1. The number of esters is 1. The molecule has 1 atom stereocenters. The van der Waals surface area contributed by atoms with Crippen LogP contribution in [0.5, 0.6) is 0 Å². The zero-order valence-electron chi connectivity index (χ0n) is 11.8. The van der Waals surface area contributed by atoms with Crippen LogP contribution in [-0.2, 0) is 4.74 Å². The van der Waals surface area contributed by atoms with Crippen molar-refractivity contribution in [3.05, 3.63) is 60.2 Å². The van der Waals surface area contributed by atoms with Gasteiger partial charge in [-0.3, -0.25) is 0 Å². The summed E-state index contributed by atoms with van der Waals surface area (Å²) in [5, 5.41) is 0. The Hall–Kier alpha value is -1.83. The molecular formula is C17H22O2. The molecule has 19 heavy (non-hydrogen) atoms. The molecule has 1 rings (SSSR count). The summed E-state index contributed by atoms with van der Waals surface area (Å²) in [6.45, 7) is 7.94. The normalized spacial score (nSPS) is 12.3. The first-order valence-electron chi connectivity index (χ1n) is 6.76. The van der Waals surface area contributed by atoms with E-state index in [1.807, 2.05) is 31.2 Å². The summed E-state index contributed by atoms with van der Waals surface area (Å²) in [6, 6.07) is 9.00. The Balaban J connectivity index is 2.46. The highest BCUT2D eigenvalue weighted by molar-refractivity contribution is 5.89.